The lowest BCUT2D eigenvalue weighted by Crippen LogP contribution is -2.28. The molecule has 0 amide bonds. The molecule has 0 aliphatic rings. The Hall–Kier alpha value is -2.66. The number of carbonyl (C=O) groups excluding carboxylic acids is 2. The molecule has 120 valence electrons. The fourth-order valence-corrected chi connectivity index (χ4v) is 1.87. The van der Waals surface area contributed by atoms with Crippen LogP contribution < -0.4 is 10.5 Å². The van der Waals surface area contributed by atoms with Crippen LogP contribution >= 0.6 is 0 Å². The van der Waals surface area contributed by atoms with Crippen molar-refractivity contribution in [1.82, 2.24) is 0 Å². The molecule has 2 aromatic carbocycles. The third kappa shape index (κ3) is 5.56. The fourth-order valence-electron chi connectivity index (χ4n) is 1.87. The Morgan fingerprint density at radius 3 is 2.26 bits per heavy atom. The van der Waals surface area contributed by atoms with Gasteiger partial charge in [0.2, 0.25) is 0 Å². The first-order chi connectivity index (χ1) is 11.0. The number of nitrogens with two attached hydrogens (primary N) is 1. The van der Waals surface area contributed by atoms with Crippen molar-refractivity contribution in [1.29, 1.82) is 0 Å². The average Bonchev–Trinajstić information content (AvgIpc) is 2.54. The molecule has 2 N–H and O–H groups in total. The molecule has 23 heavy (non-hydrogen) atoms. The van der Waals surface area contributed by atoms with E-state index in [1.54, 1.807) is 31.2 Å². The van der Waals surface area contributed by atoms with Crippen LogP contribution in [0.4, 0.5) is 0 Å². The van der Waals surface area contributed by atoms with Crippen molar-refractivity contribution in [2.75, 3.05) is 0 Å². The molecule has 2 rings (SSSR count). The minimum absolute atomic E-state index is 0.138. The maximum atomic E-state index is 11.9. The predicted octanol–water partition coefficient (Wildman–Crippen LogP) is 2.23. The van der Waals surface area contributed by atoms with Gasteiger partial charge >= 0.3 is 11.9 Å². The quantitative estimate of drug-likeness (QED) is 0.653. The van der Waals surface area contributed by atoms with E-state index in [0.29, 0.717) is 5.75 Å². The van der Waals surface area contributed by atoms with Crippen LogP contribution in [0.1, 0.15) is 18.1 Å². The van der Waals surface area contributed by atoms with Gasteiger partial charge in [0.25, 0.3) is 0 Å². The molecule has 0 aliphatic heterocycles. The first-order valence-electron chi connectivity index (χ1n) is 7.30. The zero-order valence-corrected chi connectivity index (χ0v) is 12.9. The highest BCUT2D eigenvalue weighted by Crippen LogP contribution is 2.14. The van der Waals surface area contributed by atoms with Crippen LogP contribution in [0.3, 0.4) is 0 Å². The first-order valence-corrected chi connectivity index (χ1v) is 7.30. The summed E-state index contributed by atoms with van der Waals surface area (Å²) in [6.07, 6.45) is 0.217. The number of hydrogen-bond donors (Lipinski definition) is 1. The van der Waals surface area contributed by atoms with E-state index < -0.39 is 12.0 Å². The van der Waals surface area contributed by atoms with E-state index in [-0.39, 0.29) is 19.0 Å². The van der Waals surface area contributed by atoms with Gasteiger partial charge in [-0.25, -0.2) is 0 Å². The highest BCUT2D eigenvalue weighted by atomic mass is 16.5. The van der Waals surface area contributed by atoms with Gasteiger partial charge in [-0.3, -0.25) is 9.59 Å². The summed E-state index contributed by atoms with van der Waals surface area (Å²) in [7, 11) is 0. The Labute approximate surface area is 135 Å². The lowest BCUT2D eigenvalue weighted by atomic mass is 10.1. The maximum absolute atomic E-state index is 11.9. The van der Waals surface area contributed by atoms with E-state index in [1.165, 1.54) is 0 Å². The van der Waals surface area contributed by atoms with Crippen LogP contribution in [0.5, 0.6) is 5.75 Å². The summed E-state index contributed by atoms with van der Waals surface area (Å²) in [6, 6.07) is 15.5. The highest BCUT2D eigenvalue weighted by Gasteiger charge is 2.09. The number of esters is 2. The maximum Gasteiger partial charge on any atom is 0.322 e. The second-order valence-electron chi connectivity index (χ2n) is 5.18. The molecule has 0 bridgehead atoms. The zero-order chi connectivity index (χ0) is 16.7. The van der Waals surface area contributed by atoms with Gasteiger partial charge in [-0.1, -0.05) is 42.5 Å². The SMILES string of the molecule is C[C@H](N)C(=O)OCc1ccc(OC(=O)Cc2ccccc2)cc1. The van der Waals surface area contributed by atoms with E-state index in [2.05, 4.69) is 0 Å². The van der Waals surface area contributed by atoms with E-state index in [9.17, 15) is 9.59 Å². The van der Waals surface area contributed by atoms with Crippen molar-refractivity contribution in [3.05, 3.63) is 65.7 Å². The van der Waals surface area contributed by atoms with E-state index in [0.717, 1.165) is 11.1 Å². The van der Waals surface area contributed by atoms with Crippen molar-refractivity contribution < 1.29 is 19.1 Å². The Bertz CT molecular complexity index is 650. The standard InChI is InChI=1S/C18H19NO4/c1-13(19)18(21)22-12-15-7-9-16(10-8-15)23-17(20)11-14-5-3-2-4-6-14/h2-10,13H,11-12,19H2,1H3/t13-/m0/s1. The summed E-state index contributed by atoms with van der Waals surface area (Å²) >= 11 is 0. The van der Waals surface area contributed by atoms with Crippen molar-refractivity contribution in [3.8, 4) is 5.75 Å². The van der Waals surface area contributed by atoms with Gasteiger partial charge in [0.1, 0.15) is 18.4 Å². The molecule has 0 saturated heterocycles. The van der Waals surface area contributed by atoms with E-state index >= 15 is 0 Å². The van der Waals surface area contributed by atoms with Crippen LogP contribution in [0.25, 0.3) is 0 Å². The van der Waals surface area contributed by atoms with Gasteiger partial charge in [-0.15, -0.1) is 0 Å². The predicted molar refractivity (Wildman–Crippen MR) is 85.7 cm³/mol. The van der Waals surface area contributed by atoms with E-state index in [4.69, 9.17) is 15.2 Å². The minimum atomic E-state index is -0.645. The molecule has 0 radical (unpaired) electrons. The fraction of sp³-hybridized carbons (Fsp3) is 0.222. The lowest BCUT2D eigenvalue weighted by Gasteiger charge is -2.08. The van der Waals surface area contributed by atoms with Crippen molar-refractivity contribution in [2.24, 2.45) is 5.73 Å². The van der Waals surface area contributed by atoms with Gasteiger partial charge in [-0.05, 0) is 30.2 Å². The van der Waals surface area contributed by atoms with Crippen molar-refractivity contribution in [3.63, 3.8) is 0 Å². The lowest BCUT2D eigenvalue weighted by molar-refractivity contribution is -0.146. The van der Waals surface area contributed by atoms with Crippen LogP contribution in [-0.4, -0.2) is 18.0 Å². The van der Waals surface area contributed by atoms with Crippen molar-refractivity contribution in [2.45, 2.75) is 26.0 Å². The zero-order valence-electron chi connectivity index (χ0n) is 12.9. The summed E-state index contributed by atoms with van der Waals surface area (Å²) in [5, 5.41) is 0. The van der Waals surface area contributed by atoms with Gasteiger partial charge in [-0.2, -0.15) is 0 Å². The minimum Gasteiger partial charge on any atom is -0.460 e. The normalized spacial score (nSPS) is 11.6. The third-order valence-corrected chi connectivity index (χ3v) is 3.10. The van der Waals surface area contributed by atoms with Gasteiger partial charge < -0.3 is 15.2 Å². The third-order valence-electron chi connectivity index (χ3n) is 3.10. The summed E-state index contributed by atoms with van der Waals surface area (Å²) < 4.78 is 10.3. The topological polar surface area (TPSA) is 78.6 Å². The number of rotatable bonds is 6. The molecule has 0 heterocycles. The van der Waals surface area contributed by atoms with Crippen LogP contribution in [-0.2, 0) is 27.4 Å². The summed E-state index contributed by atoms with van der Waals surface area (Å²) in [6.45, 7) is 1.70. The van der Waals surface area contributed by atoms with Gasteiger partial charge in [0.15, 0.2) is 0 Å². The molecule has 1 atom stereocenters. The van der Waals surface area contributed by atoms with Gasteiger partial charge in [0, 0.05) is 0 Å². The number of carbonyl (C=O) groups is 2. The molecular weight excluding hydrogens is 294 g/mol. The summed E-state index contributed by atoms with van der Waals surface area (Å²) in [4.78, 5) is 23.1. The molecule has 0 unspecified atom stereocenters. The van der Waals surface area contributed by atoms with E-state index in [1.807, 2.05) is 30.3 Å². The highest BCUT2D eigenvalue weighted by molar-refractivity contribution is 5.75. The Kier molecular flexibility index (Phi) is 5.88. The van der Waals surface area contributed by atoms with Crippen LogP contribution in [0.15, 0.2) is 54.6 Å². The molecular formula is C18H19NO4. The smallest absolute Gasteiger partial charge is 0.322 e. The molecule has 2 aromatic rings. The number of benzene rings is 2. The molecule has 0 aliphatic carbocycles. The molecule has 0 fully saturated rings. The monoisotopic (exact) mass is 313 g/mol. The molecule has 0 saturated carbocycles. The van der Waals surface area contributed by atoms with Gasteiger partial charge in [0.05, 0.1) is 6.42 Å². The summed E-state index contributed by atoms with van der Waals surface area (Å²) in [5.41, 5.74) is 7.10. The second-order valence-corrected chi connectivity index (χ2v) is 5.18. The molecule has 5 nitrogen and oxygen atoms in total. The Morgan fingerprint density at radius 2 is 1.65 bits per heavy atom. The van der Waals surface area contributed by atoms with Crippen molar-refractivity contribution >= 4 is 11.9 Å². The number of hydrogen-bond acceptors (Lipinski definition) is 5. The largest absolute Gasteiger partial charge is 0.460 e. The average molecular weight is 313 g/mol. The molecule has 0 aromatic heterocycles. The Morgan fingerprint density at radius 1 is 1.00 bits per heavy atom. The molecule has 0 spiro atoms. The Balaban J connectivity index is 1.85. The number of ether oxygens (including phenoxy) is 2. The van der Waals surface area contributed by atoms with Crippen LogP contribution in [0.2, 0.25) is 0 Å². The molecule has 5 heteroatoms. The second kappa shape index (κ2) is 8.10. The van der Waals surface area contributed by atoms with Crippen LogP contribution in [0, 0.1) is 0 Å². The first kappa shape index (κ1) is 16.7. The summed E-state index contributed by atoms with van der Waals surface area (Å²) in [5.74, 6) is -0.330.